The molecule has 0 heterocycles. The molecule has 0 spiro atoms. The van der Waals surface area contributed by atoms with Crippen molar-refractivity contribution >= 4 is 5.91 Å². The Hall–Kier alpha value is -2.65. The molecule has 2 aromatic rings. The van der Waals surface area contributed by atoms with Crippen molar-refractivity contribution in [1.29, 1.82) is 0 Å². The summed E-state index contributed by atoms with van der Waals surface area (Å²) < 4.78 is 0. The second kappa shape index (κ2) is 10.5. The van der Waals surface area contributed by atoms with Crippen molar-refractivity contribution in [3.63, 3.8) is 0 Å². The highest BCUT2D eigenvalue weighted by Crippen LogP contribution is 2.35. The molecule has 3 nitrogen and oxygen atoms in total. The molecule has 0 radical (unpaired) electrons. The molecule has 0 aliphatic heterocycles. The maximum atomic E-state index is 12.8. The van der Waals surface area contributed by atoms with Gasteiger partial charge in [0.1, 0.15) is 0 Å². The maximum Gasteiger partial charge on any atom is 0.232 e. The van der Waals surface area contributed by atoms with Gasteiger partial charge in [0.15, 0.2) is 0 Å². The van der Waals surface area contributed by atoms with Gasteiger partial charge in [0.25, 0.3) is 0 Å². The fourth-order valence-corrected chi connectivity index (χ4v) is 3.40. The maximum absolute atomic E-state index is 12.8. The summed E-state index contributed by atoms with van der Waals surface area (Å²) in [5, 5.41) is 0. The van der Waals surface area contributed by atoms with E-state index in [2.05, 4.69) is 29.2 Å². The van der Waals surface area contributed by atoms with Crippen LogP contribution in [0.25, 0.3) is 0 Å². The molecular formula is C24H30N2O. The van der Waals surface area contributed by atoms with Crippen LogP contribution >= 0.6 is 0 Å². The van der Waals surface area contributed by atoms with Gasteiger partial charge < -0.3 is 5.73 Å². The molecule has 27 heavy (non-hydrogen) atoms. The van der Waals surface area contributed by atoms with Gasteiger partial charge in [-0.3, -0.25) is 9.69 Å². The van der Waals surface area contributed by atoms with E-state index in [0.717, 1.165) is 30.8 Å². The minimum Gasteiger partial charge on any atom is -0.369 e. The van der Waals surface area contributed by atoms with Crippen molar-refractivity contribution in [3.8, 4) is 0 Å². The Balaban J connectivity index is 2.41. The number of carbonyl (C=O) groups excluding carboxylic acids is 1. The Morgan fingerprint density at radius 1 is 0.889 bits per heavy atom. The highest BCUT2D eigenvalue weighted by atomic mass is 16.1. The summed E-state index contributed by atoms with van der Waals surface area (Å²) >= 11 is 0. The van der Waals surface area contributed by atoms with Crippen LogP contribution in [-0.2, 0) is 10.2 Å². The van der Waals surface area contributed by atoms with E-state index in [-0.39, 0.29) is 5.91 Å². The molecule has 0 atom stereocenters. The molecule has 3 heteroatoms. The van der Waals surface area contributed by atoms with Crippen molar-refractivity contribution in [2.45, 2.75) is 25.7 Å². The Morgan fingerprint density at radius 3 is 1.70 bits per heavy atom. The number of nitrogens with zero attached hydrogens (tertiary/aromatic N) is 1. The fraction of sp³-hybridized carbons (Fsp3) is 0.292. The third-order valence-electron chi connectivity index (χ3n) is 4.96. The largest absolute Gasteiger partial charge is 0.369 e. The minimum absolute atomic E-state index is 0.308. The first-order chi connectivity index (χ1) is 13.1. The zero-order valence-corrected chi connectivity index (χ0v) is 16.3. The number of hydrogen-bond acceptors (Lipinski definition) is 2. The molecule has 0 aliphatic carbocycles. The monoisotopic (exact) mass is 362 g/mol. The second-order valence-corrected chi connectivity index (χ2v) is 6.65. The first-order valence-electron chi connectivity index (χ1n) is 9.50. The topological polar surface area (TPSA) is 46.3 Å². The van der Waals surface area contributed by atoms with E-state index in [0.29, 0.717) is 6.42 Å². The van der Waals surface area contributed by atoms with E-state index >= 15 is 0 Å². The molecule has 142 valence electrons. The molecule has 0 aromatic heterocycles. The highest BCUT2D eigenvalue weighted by Gasteiger charge is 2.40. The molecule has 1 amide bonds. The van der Waals surface area contributed by atoms with Gasteiger partial charge >= 0.3 is 0 Å². The van der Waals surface area contributed by atoms with Crippen molar-refractivity contribution in [2.75, 3.05) is 19.6 Å². The van der Waals surface area contributed by atoms with Crippen molar-refractivity contribution in [2.24, 2.45) is 5.73 Å². The lowest BCUT2D eigenvalue weighted by atomic mass is 9.71. The molecule has 0 bridgehead atoms. The van der Waals surface area contributed by atoms with Gasteiger partial charge in [-0.15, -0.1) is 0 Å². The van der Waals surface area contributed by atoms with Crippen LogP contribution < -0.4 is 5.73 Å². The summed E-state index contributed by atoms with van der Waals surface area (Å²) in [4.78, 5) is 15.2. The summed E-state index contributed by atoms with van der Waals surface area (Å²) in [5.41, 5.74) is 7.09. The molecule has 0 fully saturated rings. The quantitative estimate of drug-likeness (QED) is 0.641. The zero-order chi connectivity index (χ0) is 19.5. The van der Waals surface area contributed by atoms with E-state index in [1.165, 1.54) is 0 Å². The van der Waals surface area contributed by atoms with Crippen LogP contribution in [0.1, 0.15) is 31.4 Å². The second-order valence-electron chi connectivity index (χ2n) is 6.65. The van der Waals surface area contributed by atoms with Gasteiger partial charge in [0, 0.05) is 19.6 Å². The standard InChI is InChI=1S/C24H30N2O/c1-3-5-18-26(19-6-4-2)20-17-24(23(25)27,21-13-9-7-10-14-21)22-15-11-8-12-16-22/h3-16H,17-20H2,1-2H3,(H2,25,27)/b5-3+,6-4+. The van der Waals surface area contributed by atoms with Crippen LogP contribution in [0.3, 0.4) is 0 Å². The van der Waals surface area contributed by atoms with Gasteiger partial charge in [-0.25, -0.2) is 0 Å². The van der Waals surface area contributed by atoms with Crippen LogP contribution in [0.4, 0.5) is 0 Å². The van der Waals surface area contributed by atoms with Crippen LogP contribution in [-0.4, -0.2) is 30.4 Å². The Labute approximate surface area is 163 Å². The Kier molecular flexibility index (Phi) is 8.02. The molecule has 0 unspecified atom stereocenters. The first-order valence-corrected chi connectivity index (χ1v) is 9.50. The van der Waals surface area contributed by atoms with Crippen LogP contribution in [0.5, 0.6) is 0 Å². The number of rotatable bonds is 10. The first kappa shape index (κ1) is 20.7. The van der Waals surface area contributed by atoms with E-state index in [1.807, 2.05) is 74.5 Å². The van der Waals surface area contributed by atoms with Gasteiger partial charge in [-0.05, 0) is 31.4 Å². The molecule has 0 aliphatic rings. The molecule has 0 saturated heterocycles. The van der Waals surface area contributed by atoms with E-state index < -0.39 is 5.41 Å². The third kappa shape index (κ3) is 5.18. The van der Waals surface area contributed by atoms with Crippen LogP contribution in [0.15, 0.2) is 85.0 Å². The number of nitrogens with two attached hydrogens (primary N) is 1. The van der Waals surface area contributed by atoms with Gasteiger partial charge in [-0.2, -0.15) is 0 Å². The molecule has 2 rings (SSSR count). The van der Waals surface area contributed by atoms with Crippen LogP contribution in [0.2, 0.25) is 0 Å². The summed E-state index contributed by atoms with van der Waals surface area (Å²) in [5.74, 6) is -0.308. The Morgan fingerprint density at radius 2 is 1.33 bits per heavy atom. The van der Waals surface area contributed by atoms with Gasteiger partial charge in [-0.1, -0.05) is 85.0 Å². The molecule has 2 aromatic carbocycles. The number of amides is 1. The normalized spacial score (nSPS) is 12.3. The number of hydrogen-bond donors (Lipinski definition) is 1. The number of allylic oxidation sites excluding steroid dienone is 2. The van der Waals surface area contributed by atoms with E-state index in [1.54, 1.807) is 0 Å². The minimum atomic E-state index is -0.841. The molecule has 2 N–H and O–H groups in total. The van der Waals surface area contributed by atoms with Gasteiger partial charge in [0.05, 0.1) is 5.41 Å². The predicted octanol–water partition coefficient (Wildman–Crippen LogP) is 4.30. The lowest BCUT2D eigenvalue weighted by Gasteiger charge is -2.34. The Bertz CT molecular complexity index is 697. The van der Waals surface area contributed by atoms with Crippen molar-refractivity contribution in [3.05, 3.63) is 96.1 Å². The van der Waals surface area contributed by atoms with Crippen molar-refractivity contribution < 1.29 is 4.79 Å². The zero-order valence-electron chi connectivity index (χ0n) is 16.3. The fourth-order valence-electron chi connectivity index (χ4n) is 3.40. The summed E-state index contributed by atoms with van der Waals surface area (Å²) in [6, 6.07) is 19.8. The highest BCUT2D eigenvalue weighted by molar-refractivity contribution is 5.90. The summed E-state index contributed by atoms with van der Waals surface area (Å²) in [6.07, 6.45) is 9.02. The van der Waals surface area contributed by atoms with E-state index in [9.17, 15) is 4.79 Å². The lowest BCUT2D eigenvalue weighted by molar-refractivity contribution is -0.122. The van der Waals surface area contributed by atoms with Crippen LogP contribution in [0, 0.1) is 0 Å². The van der Waals surface area contributed by atoms with E-state index in [4.69, 9.17) is 5.73 Å². The SMILES string of the molecule is C/C=C/CN(C/C=C/C)CCC(C(N)=O)(c1ccccc1)c1ccccc1. The molecule has 0 saturated carbocycles. The van der Waals surface area contributed by atoms with Gasteiger partial charge in [0.2, 0.25) is 5.91 Å². The van der Waals surface area contributed by atoms with Crippen molar-refractivity contribution in [1.82, 2.24) is 4.90 Å². The number of primary amides is 1. The number of benzene rings is 2. The smallest absolute Gasteiger partial charge is 0.232 e. The summed E-state index contributed by atoms with van der Waals surface area (Å²) in [6.45, 7) is 6.50. The average molecular weight is 363 g/mol. The third-order valence-corrected chi connectivity index (χ3v) is 4.96. The summed E-state index contributed by atoms with van der Waals surface area (Å²) in [7, 11) is 0. The molecular weight excluding hydrogens is 332 g/mol. The lowest BCUT2D eigenvalue weighted by Crippen LogP contribution is -2.45. The average Bonchev–Trinajstić information content (AvgIpc) is 2.71. The number of carbonyl (C=O) groups is 1. The predicted molar refractivity (Wildman–Crippen MR) is 114 cm³/mol.